The van der Waals surface area contributed by atoms with E-state index in [0.717, 1.165) is 0 Å². The first kappa shape index (κ1) is 23.8. The van der Waals surface area contributed by atoms with Crippen molar-refractivity contribution in [1.82, 2.24) is 19.7 Å². The van der Waals surface area contributed by atoms with Gasteiger partial charge in [-0.2, -0.15) is 14.8 Å². The van der Waals surface area contributed by atoms with E-state index >= 15 is 0 Å². The Morgan fingerprint density at radius 3 is 2.79 bits per heavy atom. The van der Waals surface area contributed by atoms with Crippen molar-refractivity contribution in [2.45, 2.75) is 32.4 Å². The van der Waals surface area contributed by atoms with Crippen molar-refractivity contribution in [3.05, 3.63) is 71.7 Å². The zero-order chi connectivity index (χ0) is 23.8. The lowest BCUT2D eigenvalue weighted by atomic mass is 10.1. The Morgan fingerprint density at radius 1 is 1.33 bits per heavy atom. The van der Waals surface area contributed by atoms with Crippen molar-refractivity contribution in [3.8, 4) is 6.07 Å². The summed E-state index contributed by atoms with van der Waals surface area (Å²) in [4.78, 5) is 17.5. The average molecular weight is 453 g/mol. The quantitative estimate of drug-likeness (QED) is 0.428. The number of nitrogens with two attached hydrogens (primary N) is 1. The summed E-state index contributed by atoms with van der Waals surface area (Å²) in [6.07, 6.45) is 3.46. The minimum Gasteiger partial charge on any atom is -0.365 e. The van der Waals surface area contributed by atoms with Crippen molar-refractivity contribution < 1.29 is 13.6 Å². The minimum atomic E-state index is -0.705. The molecule has 2 aromatic heterocycles. The smallest absolute Gasteiger partial charge is 0.254 e. The third-order valence-electron chi connectivity index (χ3n) is 5.27. The summed E-state index contributed by atoms with van der Waals surface area (Å²) in [7, 11) is 0. The summed E-state index contributed by atoms with van der Waals surface area (Å²) >= 11 is 0. The molecule has 3 N–H and O–H groups in total. The SMILES string of the molecule is CCN(CCC(CC#N)n1cc(C(N)=O)c(Nc2ccnc(F)c2)n1)Cc1ccccc1F. The maximum Gasteiger partial charge on any atom is 0.254 e. The molecular weight excluding hydrogens is 428 g/mol. The van der Waals surface area contributed by atoms with Crippen molar-refractivity contribution in [2.75, 3.05) is 18.4 Å². The third-order valence-corrected chi connectivity index (χ3v) is 5.27. The van der Waals surface area contributed by atoms with Crippen LogP contribution in [0.25, 0.3) is 0 Å². The Morgan fingerprint density at radius 2 is 2.12 bits per heavy atom. The van der Waals surface area contributed by atoms with Gasteiger partial charge in [0.15, 0.2) is 5.82 Å². The average Bonchev–Trinajstić information content (AvgIpc) is 3.20. The fourth-order valence-electron chi connectivity index (χ4n) is 3.45. The molecule has 0 saturated heterocycles. The molecule has 1 aromatic carbocycles. The van der Waals surface area contributed by atoms with Gasteiger partial charge in [0.25, 0.3) is 5.91 Å². The molecule has 2 heterocycles. The van der Waals surface area contributed by atoms with E-state index in [9.17, 15) is 18.8 Å². The Hall–Kier alpha value is -3.84. The monoisotopic (exact) mass is 453 g/mol. The van der Waals surface area contributed by atoms with Crippen molar-refractivity contribution in [1.29, 1.82) is 5.26 Å². The van der Waals surface area contributed by atoms with Gasteiger partial charge in [-0.1, -0.05) is 25.1 Å². The summed E-state index contributed by atoms with van der Waals surface area (Å²) in [5, 5.41) is 16.6. The zero-order valence-corrected chi connectivity index (χ0v) is 18.2. The number of hydrogen-bond donors (Lipinski definition) is 2. The van der Waals surface area contributed by atoms with E-state index in [1.807, 2.05) is 6.92 Å². The Bertz CT molecular complexity index is 1140. The number of aromatic nitrogens is 3. The van der Waals surface area contributed by atoms with Gasteiger partial charge >= 0.3 is 0 Å². The van der Waals surface area contributed by atoms with Gasteiger partial charge in [-0.05, 0) is 25.1 Å². The highest BCUT2D eigenvalue weighted by Gasteiger charge is 2.20. The molecular formula is C23H25F2N7O. The highest BCUT2D eigenvalue weighted by molar-refractivity contribution is 5.98. The number of carbonyl (C=O) groups is 1. The molecule has 0 fully saturated rings. The van der Waals surface area contributed by atoms with Gasteiger partial charge in [0.05, 0.1) is 18.5 Å². The number of halogens is 2. The minimum absolute atomic E-state index is 0.119. The van der Waals surface area contributed by atoms with Gasteiger partial charge < -0.3 is 11.1 Å². The van der Waals surface area contributed by atoms with E-state index in [-0.39, 0.29) is 29.7 Å². The lowest BCUT2D eigenvalue weighted by Crippen LogP contribution is -2.27. The molecule has 0 bridgehead atoms. The number of pyridine rings is 1. The standard InChI is InChI=1S/C23H25F2N7O/c1-2-31(14-16-5-3-4-6-20(16)24)12-9-18(7-10-26)32-15-19(22(27)33)23(30-32)29-17-8-11-28-21(25)13-17/h3-6,8,11,13,15,18H,2,7,9,12,14H2,1H3,(H2,27,33)(H,28,29,30). The van der Waals surface area contributed by atoms with Crippen molar-refractivity contribution >= 4 is 17.4 Å². The summed E-state index contributed by atoms with van der Waals surface area (Å²) in [5.41, 5.74) is 6.58. The predicted molar refractivity (Wildman–Crippen MR) is 119 cm³/mol. The van der Waals surface area contributed by atoms with Crippen LogP contribution < -0.4 is 11.1 Å². The first-order valence-corrected chi connectivity index (χ1v) is 10.5. The summed E-state index contributed by atoms with van der Waals surface area (Å²) in [6, 6.07) is 11.1. The number of nitrogens with one attached hydrogen (secondary N) is 1. The molecule has 33 heavy (non-hydrogen) atoms. The van der Waals surface area contributed by atoms with Gasteiger partial charge in [0, 0.05) is 42.8 Å². The molecule has 1 amide bonds. The van der Waals surface area contributed by atoms with Gasteiger partial charge in [-0.3, -0.25) is 14.4 Å². The number of hydrogen-bond acceptors (Lipinski definition) is 6. The molecule has 172 valence electrons. The molecule has 0 radical (unpaired) electrons. The van der Waals surface area contributed by atoms with E-state index in [2.05, 4.69) is 26.4 Å². The first-order valence-electron chi connectivity index (χ1n) is 10.5. The number of nitriles is 1. The summed E-state index contributed by atoms with van der Waals surface area (Å²) in [5.74, 6) is -1.48. The molecule has 3 aromatic rings. The van der Waals surface area contributed by atoms with Crippen LogP contribution in [0.2, 0.25) is 0 Å². The lowest BCUT2D eigenvalue weighted by Gasteiger charge is -2.23. The largest absolute Gasteiger partial charge is 0.365 e. The fourth-order valence-corrected chi connectivity index (χ4v) is 3.45. The van der Waals surface area contributed by atoms with Gasteiger partial charge in [-0.15, -0.1) is 0 Å². The number of rotatable bonds is 11. The van der Waals surface area contributed by atoms with Crippen LogP contribution in [0.4, 0.5) is 20.3 Å². The number of primary amides is 1. The van der Waals surface area contributed by atoms with Crippen LogP contribution in [0.15, 0.2) is 48.8 Å². The maximum atomic E-state index is 14.0. The number of nitrogens with zero attached hydrogens (tertiary/aromatic N) is 5. The van der Waals surface area contributed by atoms with E-state index in [4.69, 9.17) is 5.73 Å². The Labute approximate surface area is 190 Å². The van der Waals surface area contributed by atoms with Crippen LogP contribution >= 0.6 is 0 Å². The molecule has 3 rings (SSSR count). The summed E-state index contributed by atoms with van der Waals surface area (Å²) < 4.78 is 29.0. The number of benzene rings is 1. The molecule has 0 saturated carbocycles. The molecule has 10 heteroatoms. The maximum absolute atomic E-state index is 14.0. The van der Waals surface area contributed by atoms with E-state index in [1.54, 1.807) is 18.2 Å². The molecule has 0 aliphatic carbocycles. The second-order valence-corrected chi connectivity index (χ2v) is 7.49. The number of anilines is 2. The van der Waals surface area contributed by atoms with Crippen LogP contribution in [0.1, 0.15) is 41.7 Å². The van der Waals surface area contributed by atoms with Gasteiger partial charge in [0.1, 0.15) is 11.4 Å². The van der Waals surface area contributed by atoms with Gasteiger partial charge in [0.2, 0.25) is 5.95 Å². The molecule has 0 spiro atoms. The Kier molecular flexibility index (Phi) is 8.05. The highest BCUT2D eigenvalue weighted by Crippen LogP contribution is 2.24. The summed E-state index contributed by atoms with van der Waals surface area (Å²) in [6.45, 7) is 3.70. The number of amides is 1. The predicted octanol–water partition coefficient (Wildman–Crippen LogP) is 3.77. The highest BCUT2D eigenvalue weighted by atomic mass is 19.1. The molecule has 8 nitrogen and oxygen atoms in total. The molecule has 0 aliphatic heterocycles. The first-order chi connectivity index (χ1) is 15.9. The second-order valence-electron chi connectivity index (χ2n) is 7.49. The van der Waals surface area contributed by atoms with Crippen molar-refractivity contribution in [3.63, 3.8) is 0 Å². The van der Waals surface area contributed by atoms with Crippen molar-refractivity contribution in [2.24, 2.45) is 5.73 Å². The third kappa shape index (κ3) is 6.33. The molecule has 1 unspecified atom stereocenters. The van der Waals surface area contributed by atoms with Crippen LogP contribution in [-0.4, -0.2) is 38.7 Å². The van der Waals surface area contributed by atoms with Crippen LogP contribution in [0.3, 0.4) is 0 Å². The molecule has 0 aliphatic rings. The van der Waals surface area contributed by atoms with Crippen LogP contribution in [-0.2, 0) is 6.54 Å². The lowest BCUT2D eigenvalue weighted by molar-refractivity contribution is 0.100. The normalized spacial score (nSPS) is 11.8. The number of carbonyl (C=O) groups excluding carboxylic acids is 1. The van der Waals surface area contributed by atoms with E-state index < -0.39 is 11.9 Å². The molecule has 1 atom stereocenters. The fraction of sp³-hybridized carbons (Fsp3) is 0.304. The van der Waals surface area contributed by atoms with Gasteiger partial charge in [-0.25, -0.2) is 9.37 Å². The van der Waals surface area contributed by atoms with Crippen LogP contribution in [0, 0.1) is 23.1 Å². The van der Waals surface area contributed by atoms with E-state index in [0.29, 0.717) is 37.3 Å². The van der Waals surface area contributed by atoms with Crippen LogP contribution in [0.5, 0.6) is 0 Å². The second kappa shape index (κ2) is 11.2. The zero-order valence-electron chi connectivity index (χ0n) is 18.2. The topological polar surface area (TPSA) is 113 Å². The van der Waals surface area contributed by atoms with E-state index in [1.165, 1.54) is 35.3 Å². The Balaban J connectivity index is 1.77.